The molecule has 0 atom stereocenters. The molecule has 0 radical (unpaired) electrons. The van der Waals surface area contributed by atoms with E-state index in [0.717, 1.165) is 17.4 Å². The van der Waals surface area contributed by atoms with Gasteiger partial charge in [0.1, 0.15) is 12.0 Å². The Morgan fingerprint density at radius 3 is 2.29 bits per heavy atom. The van der Waals surface area contributed by atoms with Crippen molar-refractivity contribution in [1.82, 2.24) is 4.72 Å². The molecule has 0 aliphatic rings. The van der Waals surface area contributed by atoms with E-state index in [1.807, 2.05) is 22.9 Å². The van der Waals surface area contributed by atoms with Gasteiger partial charge in [0.05, 0.1) is 4.90 Å². The number of nitrogens with one attached hydrogen (secondary N) is 1. The normalized spacial score (nSPS) is 10.9. The van der Waals surface area contributed by atoms with Crippen molar-refractivity contribution in [2.45, 2.75) is 4.90 Å². The van der Waals surface area contributed by atoms with Crippen molar-refractivity contribution in [2.75, 3.05) is 6.61 Å². The summed E-state index contributed by atoms with van der Waals surface area (Å²) >= 11 is 0. The Bertz CT molecular complexity index is 1080. The fourth-order valence-electron chi connectivity index (χ4n) is 2.51. The first-order valence-corrected chi connectivity index (χ1v) is 9.85. The van der Waals surface area contributed by atoms with Crippen molar-refractivity contribution in [3.05, 3.63) is 84.4 Å². The molecule has 1 amide bonds. The molecule has 0 aliphatic carbocycles. The first-order valence-electron chi connectivity index (χ1n) is 8.37. The molecule has 0 saturated carbocycles. The van der Waals surface area contributed by atoms with Gasteiger partial charge in [-0.2, -0.15) is 0 Å². The Hall–Kier alpha value is -3.45. The summed E-state index contributed by atoms with van der Waals surface area (Å²) in [6.45, 7) is -0.445. The molecule has 3 rings (SSSR count). The first-order chi connectivity index (χ1) is 13.5. The van der Waals surface area contributed by atoms with Gasteiger partial charge in [-0.3, -0.25) is 9.59 Å². The lowest BCUT2D eigenvalue weighted by atomic mass is 10.0. The molecule has 0 bridgehead atoms. The van der Waals surface area contributed by atoms with E-state index in [2.05, 4.69) is 0 Å². The summed E-state index contributed by atoms with van der Waals surface area (Å²) in [6.07, 6.45) is 0.769. The van der Waals surface area contributed by atoms with E-state index in [1.54, 1.807) is 48.5 Å². The van der Waals surface area contributed by atoms with Crippen molar-refractivity contribution < 1.29 is 22.7 Å². The van der Waals surface area contributed by atoms with E-state index in [4.69, 9.17) is 4.74 Å². The van der Waals surface area contributed by atoms with Gasteiger partial charge < -0.3 is 4.74 Å². The standard InChI is InChI=1S/C21H17NO5S/c23-14-16-9-11-17(12-10-16)18-5-4-6-19(13-18)27-15-21(24)22-28(25,26)20-7-2-1-3-8-20/h1-14H,15H2,(H,22,24). The molecule has 0 fully saturated rings. The molecule has 0 unspecified atom stereocenters. The van der Waals surface area contributed by atoms with Gasteiger partial charge >= 0.3 is 0 Å². The first kappa shape index (κ1) is 19.3. The highest BCUT2D eigenvalue weighted by Gasteiger charge is 2.17. The van der Waals surface area contributed by atoms with Gasteiger partial charge in [-0.05, 0) is 35.4 Å². The topological polar surface area (TPSA) is 89.5 Å². The molecule has 3 aromatic carbocycles. The molecule has 7 heteroatoms. The molecular formula is C21H17NO5S. The number of hydrogen-bond donors (Lipinski definition) is 1. The van der Waals surface area contributed by atoms with Crippen LogP contribution in [0.2, 0.25) is 0 Å². The monoisotopic (exact) mass is 395 g/mol. The maximum absolute atomic E-state index is 12.1. The lowest BCUT2D eigenvalue weighted by Gasteiger charge is -2.10. The second-order valence-corrected chi connectivity index (χ2v) is 7.58. The molecule has 3 aromatic rings. The smallest absolute Gasteiger partial charge is 0.271 e. The van der Waals surface area contributed by atoms with E-state index < -0.39 is 22.5 Å². The zero-order valence-corrected chi connectivity index (χ0v) is 15.6. The summed E-state index contributed by atoms with van der Waals surface area (Å²) in [4.78, 5) is 22.7. The second kappa shape index (κ2) is 8.49. The predicted molar refractivity (Wildman–Crippen MR) is 105 cm³/mol. The van der Waals surface area contributed by atoms with Crippen LogP contribution in [0.15, 0.2) is 83.8 Å². The minimum absolute atomic E-state index is 0.00381. The van der Waals surface area contributed by atoms with Crippen molar-refractivity contribution in [1.29, 1.82) is 0 Å². The van der Waals surface area contributed by atoms with Crippen LogP contribution in [0.4, 0.5) is 0 Å². The van der Waals surface area contributed by atoms with E-state index in [-0.39, 0.29) is 4.90 Å². The van der Waals surface area contributed by atoms with Crippen LogP contribution >= 0.6 is 0 Å². The maximum atomic E-state index is 12.1. The van der Waals surface area contributed by atoms with E-state index in [0.29, 0.717) is 11.3 Å². The Morgan fingerprint density at radius 1 is 0.893 bits per heavy atom. The Kier molecular flexibility index (Phi) is 5.86. The van der Waals surface area contributed by atoms with Crippen molar-refractivity contribution in [3.63, 3.8) is 0 Å². The SMILES string of the molecule is O=Cc1ccc(-c2cccc(OCC(=O)NS(=O)(=O)c3ccccc3)c2)cc1. The summed E-state index contributed by atoms with van der Waals surface area (Å²) in [5.41, 5.74) is 2.30. The van der Waals surface area contributed by atoms with Gasteiger partial charge in [-0.1, -0.05) is 54.6 Å². The average molecular weight is 395 g/mol. The quantitative estimate of drug-likeness (QED) is 0.621. The molecule has 28 heavy (non-hydrogen) atoms. The van der Waals surface area contributed by atoms with Gasteiger partial charge in [0.25, 0.3) is 15.9 Å². The van der Waals surface area contributed by atoms with Gasteiger partial charge in [0.2, 0.25) is 0 Å². The number of sulfonamides is 1. The summed E-state index contributed by atoms with van der Waals surface area (Å²) < 4.78 is 31.7. The molecule has 0 saturated heterocycles. The van der Waals surface area contributed by atoms with Crippen LogP contribution in [-0.2, 0) is 14.8 Å². The molecule has 0 aromatic heterocycles. The van der Waals surface area contributed by atoms with Crippen molar-refractivity contribution in [2.24, 2.45) is 0 Å². The zero-order valence-electron chi connectivity index (χ0n) is 14.7. The number of carbonyl (C=O) groups excluding carboxylic acids is 2. The lowest BCUT2D eigenvalue weighted by molar-refractivity contribution is -0.121. The van der Waals surface area contributed by atoms with Crippen LogP contribution in [-0.4, -0.2) is 27.2 Å². The van der Waals surface area contributed by atoms with Crippen LogP contribution < -0.4 is 9.46 Å². The Labute approximate surface area is 162 Å². The fourth-order valence-corrected chi connectivity index (χ4v) is 3.50. The highest BCUT2D eigenvalue weighted by atomic mass is 32.2. The van der Waals surface area contributed by atoms with Crippen LogP contribution in [0, 0.1) is 0 Å². The minimum atomic E-state index is -3.93. The minimum Gasteiger partial charge on any atom is -0.484 e. The Morgan fingerprint density at radius 2 is 1.61 bits per heavy atom. The summed E-state index contributed by atoms with van der Waals surface area (Å²) in [5.74, 6) is -0.353. The molecule has 0 heterocycles. The third-order valence-electron chi connectivity index (χ3n) is 3.89. The number of hydrogen-bond acceptors (Lipinski definition) is 5. The number of amides is 1. The molecule has 0 spiro atoms. The number of benzene rings is 3. The van der Waals surface area contributed by atoms with Crippen LogP contribution in [0.3, 0.4) is 0 Å². The van der Waals surface area contributed by atoms with Gasteiger partial charge in [-0.25, -0.2) is 13.1 Å². The van der Waals surface area contributed by atoms with Crippen LogP contribution in [0.25, 0.3) is 11.1 Å². The predicted octanol–water partition coefficient (Wildman–Crippen LogP) is 3.05. The average Bonchev–Trinajstić information content (AvgIpc) is 2.73. The third kappa shape index (κ3) is 4.83. The number of rotatable bonds is 7. The van der Waals surface area contributed by atoms with Gasteiger partial charge in [0, 0.05) is 5.56 Å². The van der Waals surface area contributed by atoms with E-state index in [9.17, 15) is 18.0 Å². The lowest BCUT2D eigenvalue weighted by Crippen LogP contribution is -2.34. The zero-order chi connectivity index (χ0) is 20.0. The second-order valence-electron chi connectivity index (χ2n) is 5.90. The number of ether oxygens (including phenoxy) is 1. The number of carbonyl (C=O) groups is 2. The molecule has 0 aliphatic heterocycles. The van der Waals surface area contributed by atoms with Crippen molar-refractivity contribution in [3.8, 4) is 16.9 Å². The van der Waals surface area contributed by atoms with E-state index in [1.165, 1.54) is 12.1 Å². The Balaban J connectivity index is 1.64. The van der Waals surface area contributed by atoms with Crippen LogP contribution in [0.5, 0.6) is 5.75 Å². The molecule has 1 N–H and O–H groups in total. The number of aldehydes is 1. The van der Waals surface area contributed by atoms with Crippen molar-refractivity contribution >= 4 is 22.2 Å². The van der Waals surface area contributed by atoms with Gasteiger partial charge in [0.15, 0.2) is 6.61 Å². The largest absolute Gasteiger partial charge is 0.484 e. The molecular weight excluding hydrogens is 378 g/mol. The van der Waals surface area contributed by atoms with Gasteiger partial charge in [-0.15, -0.1) is 0 Å². The summed E-state index contributed by atoms with van der Waals surface area (Å²) in [6, 6.07) is 21.7. The third-order valence-corrected chi connectivity index (χ3v) is 5.27. The summed E-state index contributed by atoms with van der Waals surface area (Å²) in [5, 5.41) is 0. The highest BCUT2D eigenvalue weighted by molar-refractivity contribution is 7.90. The van der Waals surface area contributed by atoms with E-state index >= 15 is 0 Å². The van der Waals surface area contributed by atoms with Crippen LogP contribution in [0.1, 0.15) is 10.4 Å². The maximum Gasteiger partial charge on any atom is 0.271 e. The highest BCUT2D eigenvalue weighted by Crippen LogP contribution is 2.24. The summed E-state index contributed by atoms with van der Waals surface area (Å²) in [7, 11) is -3.93. The fraction of sp³-hybridized carbons (Fsp3) is 0.0476. The molecule has 6 nitrogen and oxygen atoms in total. The molecule has 142 valence electrons.